The van der Waals surface area contributed by atoms with Crippen molar-refractivity contribution < 1.29 is 9.53 Å². The molecule has 0 saturated heterocycles. The van der Waals surface area contributed by atoms with Crippen LogP contribution in [0.1, 0.15) is 0 Å². The van der Waals surface area contributed by atoms with Gasteiger partial charge >= 0.3 is 6.03 Å². The van der Waals surface area contributed by atoms with Crippen LogP contribution in [0.4, 0.5) is 21.9 Å². The molecule has 0 bridgehead atoms. The van der Waals surface area contributed by atoms with E-state index in [0.717, 1.165) is 28.3 Å². The van der Waals surface area contributed by atoms with Gasteiger partial charge < -0.3 is 20.7 Å². The Labute approximate surface area is 163 Å². The van der Waals surface area contributed by atoms with E-state index in [1.807, 2.05) is 60.5 Å². The lowest BCUT2D eigenvalue weighted by Crippen LogP contribution is -2.19. The summed E-state index contributed by atoms with van der Waals surface area (Å²) in [7, 11) is 3.62. The first-order valence-electron chi connectivity index (χ1n) is 8.32. The summed E-state index contributed by atoms with van der Waals surface area (Å²) in [6.07, 6.45) is 0. The molecule has 5 nitrogen and oxygen atoms in total. The maximum Gasteiger partial charge on any atom is 0.316 e. The minimum absolute atomic E-state index is 0.586. The Kier molecular flexibility index (Phi) is 5.52. The van der Waals surface area contributed by atoms with Crippen molar-refractivity contribution in [2.45, 2.75) is 0 Å². The van der Waals surface area contributed by atoms with Crippen LogP contribution in [0, 0.1) is 0 Å². The summed E-state index contributed by atoms with van der Waals surface area (Å²) < 4.78 is 5.52. The van der Waals surface area contributed by atoms with Gasteiger partial charge in [-0.1, -0.05) is 23.7 Å². The van der Waals surface area contributed by atoms with Crippen LogP contribution in [-0.4, -0.2) is 20.2 Å². The number of nitrogens with two attached hydrogens (primary N) is 1. The summed E-state index contributed by atoms with van der Waals surface area (Å²) in [6, 6.07) is 20.5. The van der Waals surface area contributed by atoms with Crippen LogP contribution in [-0.2, 0) is 0 Å². The Balaban J connectivity index is 1.94. The number of rotatable bonds is 5. The number of amides is 2. The summed E-state index contributed by atoms with van der Waals surface area (Å²) in [5.74, 6) is 0.774. The highest BCUT2D eigenvalue weighted by Crippen LogP contribution is 2.36. The summed E-state index contributed by atoms with van der Waals surface area (Å²) >= 11 is 6.15. The molecule has 3 aromatic rings. The van der Waals surface area contributed by atoms with Crippen LogP contribution >= 0.6 is 11.6 Å². The number of nitrogens with one attached hydrogen (secondary N) is 1. The molecule has 0 atom stereocenters. The number of anilines is 3. The summed E-state index contributed by atoms with van der Waals surface area (Å²) in [5.41, 5.74) is 9.68. The average molecular weight is 382 g/mol. The molecule has 0 aromatic heterocycles. The standard InChI is InChI=1S/C21H20ClN3O2/c1-25(17-8-6-16(7-9-17)24-21(23)26)18-10-11-20(27-2)19(13-18)14-4-3-5-15(22)12-14/h3-13H,1-2H3,(H3,23,24,26). The topological polar surface area (TPSA) is 67.6 Å². The first-order chi connectivity index (χ1) is 13.0. The van der Waals surface area contributed by atoms with Crippen molar-refractivity contribution in [2.24, 2.45) is 5.73 Å². The van der Waals surface area contributed by atoms with Crippen molar-refractivity contribution in [2.75, 3.05) is 24.4 Å². The maximum atomic E-state index is 10.9. The molecule has 0 aliphatic rings. The Morgan fingerprint density at radius 3 is 2.37 bits per heavy atom. The zero-order valence-electron chi connectivity index (χ0n) is 15.1. The Morgan fingerprint density at radius 2 is 1.74 bits per heavy atom. The number of carbonyl (C=O) groups excluding carboxylic acids is 1. The van der Waals surface area contributed by atoms with E-state index in [1.165, 1.54) is 0 Å². The van der Waals surface area contributed by atoms with Gasteiger partial charge in [0.1, 0.15) is 5.75 Å². The van der Waals surface area contributed by atoms with Crippen LogP contribution in [0.5, 0.6) is 5.75 Å². The lowest BCUT2D eigenvalue weighted by molar-refractivity contribution is 0.259. The van der Waals surface area contributed by atoms with Gasteiger partial charge in [-0.15, -0.1) is 0 Å². The van der Waals surface area contributed by atoms with Crippen molar-refractivity contribution in [1.29, 1.82) is 0 Å². The zero-order valence-corrected chi connectivity index (χ0v) is 15.8. The van der Waals surface area contributed by atoms with Crippen LogP contribution in [0.2, 0.25) is 5.02 Å². The molecule has 0 aliphatic carbocycles. The average Bonchev–Trinajstić information content (AvgIpc) is 2.67. The number of carbonyl (C=O) groups is 1. The SMILES string of the molecule is COc1ccc(N(C)c2ccc(NC(N)=O)cc2)cc1-c1cccc(Cl)c1. The molecule has 0 fully saturated rings. The third kappa shape index (κ3) is 4.33. The van der Waals surface area contributed by atoms with E-state index in [9.17, 15) is 4.79 Å². The van der Waals surface area contributed by atoms with Gasteiger partial charge in [0.2, 0.25) is 0 Å². The highest BCUT2D eigenvalue weighted by molar-refractivity contribution is 6.30. The fraction of sp³-hybridized carbons (Fsp3) is 0.0952. The molecule has 0 radical (unpaired) electrons. The smallest absolute Gasteiger partial charge is 0.316 e. The summed E-state index contributed by atoms with van der Waals surface area (Å²) in [5, 5.41) is 3.23. The largest absolute Gasteiger partial charge is 0.496 e. The van der Waals surface area contributed by atoms with Crippen LogP contribution in [0.25, 0.3) is 11.1 Å². The molecule has 138 valence electrons. The molecule has 2 amide bonds. The van der Waals surface area contributed by atoms with Gasteiger partial charge in [-0.05, 0) is 60.2 Å². The molecular weight excluding hydrogens is 362 g/mol. The van der Waals surface area contributed by atoms with Crippen molar-refractivity contribution >= 4 is 34.7 Å². The first-order valence-corrected chi connectivity index (χ1v) is 8.70. The molecule has 27 heavy (non-hydrogen) atoms. The molecule has 0 heterocycles. The highest BCUT2D eigenvalue weighted by atomic mass is 35.5. The van der Waals surface area contributed by atoms with Crippen LogP contribution in [0.15, 0.2) is 66.7 Å². The lowest BCUT2D eigenvalue weighted by atomic mass is 10.0. The van der Waals surface area contributed by atoms with Crippen LogP contribution in [0.3, 0.4) is 0 Å². The van der Waals surface area contributed by atoms with E-state index >= 15 is 0 Å². The van der Waals surface area contributed by atoms with Crippen molar-refractivity contribution in [1.82, 2.24) is 0 Å². The molecule has 0 aliphatic heterocycles. The molecule has 0 unspecified atom stereocenters. The second-order valence-electron chi connectivity index (χ2n) is 5.99. The fourth-order valence-electron chi connectivity index (χ4n) is 2.85. The molecular formula is C21H20ClN3O2. The van der Waals surface area contributed by atoms with Crippen LogP contribution < -0.4 is 20.7 Å². The highest BCUT2D eigenvalue weighted by Gasteiger charge is 2.11. The van der Waals surface area contributed by atoms with E-state index in [2.05, 4.69) is 11.4 Å². The number of ether oxygens (including phenoxy) is 1. The molecule has 3 aromatic carbocycles. The number of nitrogens with zero attached hydrogens (tertiary/aromatic N) is 1. The maximum absolute atomic E-state index is 10.9. The van der Waals surface area contributed by atoms with E-state index in [0.29, 0.717) is 10.7 Å². The Bertz CT molecular complexity index is 958. The molecule has 6 heteroatoms. The van der Waals surface area contributed by atoms with Gasteiger partial charge in [0.15, 0.2) is 0 Å². The van der Waals surface area contributed by atoms with Crippen molar-refractivity contribution in [3.63, 3.8) is 0 Å². The number of hydrogen-bond acceptors (Lipinski definition) is 3. The van der Waals surface area contributed by atoms with Gasteiger partial charge in [-0.3, -0.25) is 0 Å². The van der Waals surface area contributed by atoms with Crippen molar-refractivity contribution in [3.8, 4) is 16.9 Å². The second-order valence-corrected chi connectivity index (χ2v) is 6.43. The molecule has 0 saturated carbocycles. The normalized spacial score (nSPS) is 10.3. The predicted molar refractivity (Wildman–Crippen MR) is 111 cm³/mol. The van der Waals surface area contributed by atoms with E-state index in [-0.39, 0.29) is 0 Å². The summed E-state index contributed by atoms with van der Waals surface area (Å²) in [4.78, 5) is 13.0. The monoisotopic (exact) mass is 381 g/mol. The van der Waals surface area contributed by atoms with E-state index < -0.39 is 6.03 Å². The van der Waals surface area contributed by atoms with Gasteiger partial charge in [0, 0.05) is 34.7 Å². The molecule has 3 N–H and O–H groups in total. The van der Waals surface area contributed by atoms with E-state index in [4.69, 9.17) is 22.1 Å². The van der Waals surface area contributed by atoms with Gasteiger partial charge in [-0.2, -0.15) is 0 Å². The number of halogens is 1. The predicted octanol–water partition coefficient (Wildman–Crippen LogP) is 5.27. The number of hydrogen-bond donors (Lipinski definition) is 2. The third-order valence-electron chi connectivity index (χ3n) is 4.23. The summed E-state index contributed by atoms with van der Waals surface area (Å²) in [6.45, 7) is 0. The number of benzene rings is 3. The minimum Gasteiger partial charge on any atom is -0.496 e. The molecule has 0 spiro atoms. The van der Waals surface area contributed by atoms with Crippen molar-refractivity contribution in [3.05, 3.63) is 71.8 Å². The Hall–Kier alpha value is -3.18. The van der Waals surface area contributed by atoms with E-state index in [1.54, 1.807) is 19.2 Å². The number of primary amides is 1. The van der Waals surface area contributed by atoms with Gasteiger partial charge in [-0.25, -0.2) is 4.79 Å². The minimum atomic E-state index is -0.586. The second kappa shape index (κ2) is 8.01. The van der Waals surface area contributed by atoms with Gasteiger partial charge in [0.05, 0.1) is 7.11 Å². The Morgan fingerprint density at radius 1 is 1.04 bits per heavy atom. The zero-order chi connectivity index (χ0) is 19.4. The number of methoxy groups -OCH3 is 1. The third-order valence-corrected chi connectivity index (χ3v) is 4.46. The lowest BCUT2D eigenvalue weighted by Gasteiger charge is -2.22. The fourth-order valence-corrected chi connectivity index (χ4v) is 3.04. The molecule has 3 rings (SSSR count). The van der Waals surface area contributed by atoms with Gasteiger partial charge in [0.25, 0.3) is 0 Å². The first kappa shape index (κ1) is 18.6. The number of urea groups is 1. The quantitative estimate of drug-likeness (QED) is 0.632.